The van der Waals surface area contributed by atoms with E-state index in [4.69, 9.17) is 0 Å². The summed E-state index contributed by atoms with van der Waals surface area (Å²) in [5, 5.41) is 4.27. The topological polar surface area (TPSA) is 3.24 Å². The van der Waals surface area contributed by atoms with Gasteiger partial charge in [0.1, 0.15) is 0 Å². The molecule has 4 aromatic rings. The maximum Gasteiger partial charge on any atom is 0.0803 e. The van der Waals surface area contributed by atoms with Gasteiger partial charge >= 0.3 is 0 Å². The van der Waals surface area contributed by atoms with Gasteiger partial charge in [0.25, 0.3) is 0 Å². The van der Waals surface area contributed by atoms with Gasteiger partial charge in [-0.2, -0.15) is 0 Å². The lowest BCUT2D eigenvalue weighted by Gasteiger charge is -2.28. The zero-order valence-corrected chi connectivity index (χ0v) is 19.5. The number of hydrogen-bond acceptors (Lipinski definition) is 2. The molecule has 0 amide bonds. The van der Waals surface area contributed by atoms with Crippen molar-refractivity contribution in [2.24, 2.45) is 0 Å². The molecule has 1 aromatic heterocycles. The Hall–Kier alpha value is -2.10. The second-order valence-electron chi connectivity index (χ2n) is 8.96. The lowest BCUT2D eigenvalue weighted by molar-refractivity contribution is 0.878. The van der Waals surface area contributed by atoms with Crippen molar-refractivity contribution < 1.29 is 0 Å². The summed E-state index contributed by atoms with van der Waals surface area (Å²) in [6.07, 6.45) is 0. The largest absolute Gasteiger partial charge is 0.344 e. The van der Waals surface area contributed by atoms with Crippen molar-refractivity contribution in [2.45, 2.75) is 39.4 Å². The fraction of sp³-hybridized carbons (Fsp3) is 0.280. The van der Waals surface area contributed by atoms with E-state index in [9.17, 15) is 0 Å². The average Bonchev–Trinajstić information content (AvgIpc) is 3.05. The Morgan fingerprint density at radius 3 is 2.04 bits per heavy atom. The minimum Gasteiger partial charge on any atom is -0.344 e. The van der Waals surface area contributed by atoms with Crippen molar-refractivity contribution in [2.75, 3.05) is 11.9 Å². The maximum atomic E-state index is 2.43. The third-order valence-electron chi connectivity index (χ3n) is 5.59. The predicted octanol–water partition coefficient (Wildman–Crippen LogP) is 7.49. The molecule has 3 heteroatoms. The highest BCUT2D eigenvalue weighted by molar-refractivity contribution is 7.26. The van der Waals surface area contributed by atoms with E-state index in [0.29, 0.717) is 5.92 Å². The third kappa shape index (κ3) is 3.17. The monoisotopic (exact) mass is 403 g/mol. The summed E-state index contributed by atoms with van der Waals surface area (Å²) in [5.74, 6) is 0.533. The van der Waals surface area contributed by atoms with Crippen LogP contribution in [0.3, 0.4) is 0 Å². The van der Waals surface area contributed by atoms with Crippen LogP contribution in [-0.2, 0) is 0 Å². The van der Waals surface area contributed by atoms with Crippen LogP contribution in [0.1, 0.15) is 25.3 Å². The molecule has 0 aliphatic carbocycles. The molecule has 0 spiro atoms. The fourth-order valence-corrected chi connectivity index (χ4v) is 7.20. The Bertz CT molecular complexity index is 1150. The number of nitrogens with zero attached hydrogens (tertiary/aromatic N) is 1. The molecule has 28 heavy (non-hydrogen) atoms. The van der Waals surface area contributed by atoms with E-state index in [-0.39, 0.29) is 0 Å². The molecule has 144 valence electrons. The van der Waals surface area contributed by atoms with Gasteiger partial charge in [-0.05, 0) is 28.8 Å². The SMILES string of the molecule is CC(C)c1cccc2c1sc1c(N(C)c3ccccc3[Si](C)(C)C)cccc12. The van der Waals surface area contributed by atoms with Gasteiger partial charge in [-0.15, -0.1) is 11.3 Å². The molecule has 4 rings (SSSR count). The van der Waals surface area contributed by atoms with Crippen LogP contribution in [0.4, 0.5) is 11.4 Å². The summed E-state index contributed by atoms with van der Waals surface area (Å²) in [5.41, 5.74) is 4.10. The van der Waals surface area contributed by atoms with E-state index in [0.717, 1.165) is 0 Å². The molecule has 0 N–H and O–H groups in total. The fourth-order valence-electron chi connectivity index (χ4n) is 4.08. The van der Waals surface area contributed by atoms with Crippen molar-refractivity contribution in [3.05, 3.63) is 66.2 Å². The molecule has 0 unspecified atom stereocenters. The van der Waals surface area contributed by atoms with E-state index in [1.54, 1.807) is 0 Å². The zero-order valence-electron chi connectivity index (χ0n) is 17.7. The Kier molecular flexibility index (Phi) is 4.84. The van der Waals surface area contributed by atoms with Crippen molar-refractivity contribution in [1.82, 2.24) is 0 Å². The molecule has 0 fully saturated rings. The molecule has 0 bridgehead atoms. The molecule has 0 aliphatic rings. The van der Waals surface area contributed by atoms with Gasteiger partial charge < -0.3 is 4.90 Å². The lowest BCUT2D eigenvalue weighted by atomic mass is 10.0. The van der Waals surface area contributed by atoms with E-state index in [2.05, 4.69) is 106 Å². The first-order valence-electron chi connectivity index (χ1n) is 10.1. The van der Waals surface area contributed by atoms with Gasteiger partial charge in [0.2, 0.25) is 0 Å². The maximum absolute atomic E-state index is 2.43. The second kappa shape index (κ2) is 7.05. The van der Waals surface area contributed by atoms with E-state index < -0.39 is 8.07 Å². The highest BCUT2D eigenvalue weighted by Gasteiger charge is 2.23. The van der Waals surface area contributed by atoms with Gasteiger partial charge in [0.05, 0.1) is 18.5 Å². The summed E-state index contributed by atoms with van der Waals surface area (Å²) in [6, 6.07) is 22.5. The number of benzene rings is 3. The van der Waals surface area contributed by atoms with Crippen molar-refractivity contribution in [3.8, 4) is 0 Å². The van der Waals surface area contributed by atoms with Crippen molar-refractivity contribution >= 4 is 56.1 Å². The first-order chi connectivity index (χ1) is 13.3. The van der Waals surface area contributed by atoms with Gasteiger partial charge in [-0.1, -0.05) is 82.0 Å². The van der Waals surface area contributed by atoms with Gasteiger partial charge in [-0.25, -0.2) is 0 Å². The van der Waals surface area contributed by atoms with E-state index >= 15 is 0 Å². The summed E-state index contributed by atoms with van der Waals surface area (Å²) in [6.45, 7) is 11.9. The molecule has 3 aromatic carbocycles. The van der Waals surface area contributed by atoms with Crippen molar-refractivity contribution in [1.29, 1.82) is 0 Å². The number of fused-ring (bicyclic) bond motifs is 3. The van der Waals surface area contributed by atoms with Gasteiger partial charge in [0, 0.05) is 28.2 Å². The minimum absolute atomic E-state index is 0.533. The molecule has 0 atom stereocenters. The van der Waals surface area contributed by atoms with Crippen LogP contribution in [0.2, 0.25) is 19.6 Å². The number of para-hydroxylation sites is 1. The highest BCUT2D eigenvalue weighted by Crippen LogP contribution is 2.43. The van der Waals surface area contributed by atoms with Gasteiger partial charge in [0.15, 0.2) is 0 Å². The number of anilines is 2. The number of thiophene rings is 1. The predicted molar refractivity (Wildman–Crippen MR) is 131 cm³/mol. The van der Waals surface area contributed by atoms with Crippen LogP contribution < -0.4 is 10.1 Å². The smallest absolute Gasteiger partial charge is 0.0803 e. The summed E-state index contributed by atoms with van der Waals surface area (Å²) in [7, 11) is 0.789. The summed E-state index contributed by atoms with van der Waals surface area (Å²) < 4.78 is 2.82. The first-order valence-corrected chi connectivity index (χ1v) is 14.4. The molecular formula is C25H29NSSi. The van der Waals surface area contributed by atoms with E-state index in [1.807, 2.05) is 11.3 Å². The van der Waals surface area contributed by atoms with Crippen molar-refractivity contribution in [3.63, 3.8) is 0 Å². The first kappa shape index (κ1) is 19.2. The third-order valence-corrected chi connectivity index (χ3v) is 8.92. The number of rotatable bonds is 4. The number of hydrogen-bond donors (Lipinski definition) is 0. The molecule has 0 aliphatic heterocycles. The average molecular weight is 404 g/mol. The zero-order chi connectivity index (χ0) is 20.1. The summed E-state index contributed by atoms with van der Waals surface area (Å²) in [4.78, 5) is 2.40. The van der Waals surface area contributed by atoms with Crippen LogP contribution in [0.15, 0.2) is 60.7 Å². The van der Waals surface area contributed by atoms with Crippen LogP contribution in [0.5, 0.6) is 0 Å². The highest BCUT2D eigenvalue weighted by atomic mass is 32.1. The van der Waals surface area contributed by atoms with Crippen LogP contribution >= 0.6 is 11.3 Å². The quantitative estimate of drug-likeness (QED) is 0.319. The van der Waals surface area contributed by atoms with Crippen LogP contribution in [-0.4, -0.2) is 15.1 Å². The van der Waals surface area contributed by atoms with Crippen LogP contribution in [0, 0.1) is 0 Å². The van der Waals surface area contributed by atoms with Gasteiger partial charge in [-0.3, -0.25) is 0 Å². The second-order valence-corrected chi connectivity index (χ2v) is 15.0. The van der Waals surface area contributed by atoms with Crippen LogP contribution in [0.25, 0.3) is 20.2 Å². The normalized spacial score (nSPS) is 12.2. The lowest BCUT2D eigenvalue weighted by Crippen LogP contribution is -2.40. The standard InChI is InChI=1S/C25H29NSSi/c1-17(2)18-11-9-12-19-20-13-10-15-22(25(20)27-24(18)19)26(3)21-14-7-8-16-23(21)28(4,5)6/h7-17H,1-6H3. The molecule has 1 heterocycles. The Morgan fingerprint density at radius 2 is 1.36 bits per heavy atom. The molecule has 0 radical (unpaired) electrons. The Balaban J connectivity index is 1.96. The minimum atomic E-state index is -1.43. The Labute approximate surface area is 173 Å². The molecular weight excluding hydrogens is 374 g/mol. The van der Waals surface area contributed by atoms with E-state index in [1.165, 1.54) is 42.3 Å². The Morgan fingerprint density at radius 1 is 0.750 bits per heavy atom. The summed E-state index contributed by atoms with van der Waals surface area (Å²) >= 11 is 1.95. The molecule has 1 nitrogen and oxygen atoms in total. The molecule has 0 saturated heterocycles. The molecule has 0 saturated carbocycles.